The van der Waals surface area contributed by atoms with Crippen molar-refractivity contribution in [1.29, 1.82) is 0 Å². The van der Waals surface area contributed by atoms with E-state index in [0.29, 0.717) is 6.33 Å². The first-order valence-electron chi connectivity index (χ1n) is 6.61. The van der Waals surface area contributed by atoms with Gasteiger partial charge in [-0.15, -0.1) is 5.06 Å². The fourth-order valence-electron chi connectivity index (χ4n) is 1.90. The molecule has 0 bridgehead atoms. The van der Waals surface area contributed by atoms with Gasteiger partial charge in [0.1, 0.15) is 12.4 Å². The number of ether oxygens (including phenoxy) is 1. The van der Waals surface area contributed by atoms with Crippen LogP contribution in [0, 0.1) is 5.92 Å². The lowest BCUT2D eigenvalue weighted by Crippen LogP contribution is -2.35. The molecule has 130 valence electrons. The predicted octanol–water partition coefficient (Wildman–Crippen LogP) is 1.63. The Labute approximate surface area is 133 Å². The first-order chi connectivity index (χ1) is 11.3. The Morgan fingerprint density at radius 3 is 2.71 bits per heavy atom. The van der Waals surface area contributed by atoms with Crippen molar-refractivity contribution in [3.05, 3.63) is 47.7 Å². The SMILES string of the molecule is NC/C(=C/F)COC1=CC2=CN(OC(=O)C(F)(F)F)C(=O)C2C=C1. The van der Waals surface area contributed by atoms with Gasteiger partial charge in [0.2, 0.25) is 0 Å². The van der Waals surface area contributed by atoms with Crippen molar-refractivity contribution < 1.29 is 36.7 Å². The summed E-state index contributed by atoms with van der Waals surface area (Å²) >= 11 is 0. The molecule has 1 unspecified atom stereocenters. The summed E-state index contributed by atoms with van der Waals surface area (Å²) in [6, 6.07) is 0. The fraction of sp³-hybridized carbons (Fsp3) is 0.286. The quantitative estimate of drug-likeness (QED) is 0.764. The summed E-state index contributed by atoms with van der Waals surface area (Å²) in [6.07, 6.45) is 0.193. The van der Waals surface area contributed by atoms with Gasteiger partial charge in [0.25, 0.3) is 5.91 Å². The van der Waals surface area contributed by atoms with Crippen molar-refractivity contribution in [3.63, 3.8) is 0 Å². The van der Waals surface area contributed by atoms with Gasteiger partial charge >= 0.3 is 12.1 Å². The van der Waals surface area contributed by atoms with Crippen LogP contribution in [0.5, 0.6) is 0 Å². The van der Waals surface area contributed by atoms with Crippen LogP contribution < -0.4 is 5.73 Å². The van der Waals surface area contributed by atoms with Gasteiger partial charge < -0.3 is 15.3 Å². The molecule has 24 heavy (non-hydrogen) atoms. The fourth-order valence-corrected chi connectivity index (χ4v) is 1.90. The second kappa shape index (κ2) is 6.87. The Balaban J connectivity index is 2.07. The molecule has 2 aliphatic rings. The highest BCUT2D eigenvalue weighted by atomic mass is 19.4. The van der Waals surface area contributed by atoms with Gasteiger partial charge in [-0.1, -0.05) is 6.08 Å². The van der Waals surface area contributed by atoms with Crippen LogP contribution in [-0.4, -0.2) is 36.3 Å². The summed E-state index contributed by atoms with van der Waals surface area (Å²) < 4.78 is 54.2. The monoisotopic (exact) mass is 348 g/mol. The van der Waals surface area contributed by atoms with Crippen LogP contribution in [0.1, 0.15) is 0 Å². The van der Waals surface area contributed by atoms with Crippen LogP contribution >= 0.6 is 0 Å². The molecule has 0 fully saturated rings. The van der Waals surface area contributed by atoms with Gasteiger partial charge in [-0.2, -0.15) is 13.2 Å². The summed E-state index contributed by atoms with van der Waals surface area (Å²) in [5.74, 6) is -3.98. The molecule has 0 spiro atoms. The van der Waals surface area contributed by atoms with Crippen LogP contribution in [0.15, 0.2) is 47.7 Å². The third-order valence-electron chi connectivity index (χ3n) is 3.12. The first-order valence-corrected chi connectivity index (χ1v) is 6.61. The van der Waals surface area contributed by atoms with Crippen molar-refractivity contribution in [3.8, 4) is 0 Å². The zero-order chi connectivity index (χ0) is 17.9. The number of rotatable bonds is 5. The van der Waals surface area contributed by atoms with E-state index in [2.05, 4.69) is 4.84 Å². The number of hydrogen-bond donors (Lipinski definition) is 1. The molecule has 1 aliphatic heterocycles. The van der Waals surface area contributed by atoms with Crippen molar-refractivity contribution in [2.75, 3.05) is 13.2 Å². The van der Waals surface area contributed by atoms with E-state index in [0.717, 1.165) is 6.20 Å². The van der Waals surface area contributed by atoms with Crippen LogP contribution in [0.25, 0.3) is 0 Å². The molecule has 0 aromatic heterocycles. The Morgan fingerprint density at radius 1 is 1.42 bits per heavy atom. The maximum atomic E-state index is 12.4. The number of carbonyl (C=O) groups excluding carboxylic acids is 2. The number of fused-ring (bicyclic) bond motifs is 1. The standard InChI is InChI=1S/C14H12F4N2O4/c15-4-8(5-19)7-23-10-1-2-11-9(3-10)6-20(12(11)21)24-13(22)14(16,17)18/h1-4,6,11H,5,7,19H2/b8-4-. The van der Waals surface area contributed by atoms with Gasteiger partial charge in [0, 0.05) is 12.1 Å². The minimum Gasteiger partial charge on any atom is -0.489 e. The molecule has 0 radical (unpaired) electrons. The highest BCUT2D eigenvalue weighted by molar-refractivity contribution is 5.89. The highest BCUT2D eigenvalue weighted by Crippen LogP contribution is 2.31. The van der Waals surface area contributed by atoms with E-state index in [4.69, 9.17) is 10.5 Å². The summed E-state index contributed by atoms with van der Waals surface area (Å²) in [4.78, 5) is 26.7. The van der Waals surface area contributed by atoms with E-state index in [1.165, 1.54) is 18.2 Å². The predicted molar refractivity (Wildman–Crippen MR) is 72.0 cm³/mol. The van der Waals surface area contributed by atoms with Gasteiger partial charge in [0.15, 0.2) is 0 Å². The third kappa shape index (κ3) is 3.82. The van der Waals surface area contributed by atoms with Gasteiger partial charge in [-0.05, 0) is 17.7 Å². The summed E-state index contributed by atoms with van der Waals surface area (Å²) in [5.41, 5.74) is 5.74. The number of hydroxylamine groups is 2. The van der Waals surface area contributed by atoms with Gasteiger partial charge in [-0.25, -0.2) is 9.18 Å². The number of allylic oxidation sites excluding steroid dienone is 2. The average Bonchev–Trinajstić information content (AvgIpc) is 2.83. The van der Waals surface area contributed by atoms with E-state index < -0.39 is 24.0 Å². The maximum absolute atomic E-state index is 12.4. The van der Waals surface area contributed by atoms with E-state index in [9.17, 15) is 27.2 Å². The number of hydrogen-bond acceptors (Lipinski definition) is 5. The molecule has 1 heterocycles. The second-order valence-corrected chi connectivity index (χ2v) is 4.81. The van der Waals surface area contributed by atoms with Crippen LogP contribution in [0.3, 0.4) is 0 Å². The number of halogens is 4. The third-order valence-corrected chi connectivity index (χ3v) is 3.12. The number of amides is 1. The Morgan fingerprint density at radius 2 is 2.12 bits per heavy atom. The summed E-state index contributed by atoms with van der Waals surface area (Å²) in [5, 5.41) is 0.229. The first kappa shape index (κ1) is 17.7. The molecule has 2 rings (SSSR count). The average molecular weight is 348 g/mol. The molecular weight excluding hydrogens is 336 g/mol. The number of carbonyl (C=O) groups is 2. The maximum Gasteiger partial charge on any atom is 0.493 e. The second-order valence-electron chi connectivity index (χ2n) is 4.81. The van der Waals surface area contributed by atoms with E-state index in [-0.39, 0.29) is 35.1 Å². The Hall–Kier alpha value is -2.62. The van der Waals surface area contributed by atoms with Crippen LogP contribution in [0.2, 0.25) is 0 Å². The van der Waals surface area contributed by atoms with Crippen molar-refractivity contribution >= 4 is 11.9 Å². The highest BCUT2D eigenvalue weighted by Gasteiger charge is 2.45. The Kier molecular flexibility index (Phi) is 5.07. The molecule has 0 aromatic rings. The lowest BCUT2D eigenvalue weighted by Gasteiger charge is -2.16. The normalized spacial score (nSPS) is 20.5. The number of alkyl halides is 3. The van der Waals surface area contributed by atoms with Gasteiger partial charge in [0.05, 0.1) is 18.4 Å². The molecule has 2 N–H and O–H groups in total. The zero-order valence-electron chi connectivity index (χ0n) is 12.0. The van der Waals surface area contributed by atoms with Crippen molar-refractivity contribution in [2.45, 2.75) is 6.18 Å². The summed E-state index contributed by atoms with van der Waals surface area (Å²) in [7, 11) is 0. The van der Waals surface area contributed by atoms with Crippen molar-refractivity contribution in [1.82, 2.24) is 5.06 Å². The smallest absolute Gasteiger partial charge is 0.489 e. The molecule has 1 amide bonds. The molecule has 10 heteroatoms. The molecule has 1 aliphatic carbocycles. The number of nitrogens with zero attached hydrogens (tertiary/aromatic N) is 1. The largest absolute Gasteiger partial charge is 0.493 e. The lowest BCUT2D eigenvalue weighted by molar-refractivity contribution is -0.228. The van der Waals surface area contributed by atoms with E-state index >= 15 is 0 Å². The van der Waals surface area contributed by atoms with Gasteiger partial charge in [-0.3, -0.25) is 4.79 Å². The minimum atomic E-state index is -5.22. The number of nitrogens with two attached hydrogens (primary N) is 1. The lowest BCUT2D eigenvalue weighted by atomic mass is 9.96. The molecule has 6 nitrogen and oxygen atoms in total. The molecule has 0 saturated carbocycles. The minimum absolute atomic E-state index is 0.0432. The molecule has 0 saturated heterocycles. The van der Waals surface area contributed by atoms with Crippen LogP contribution in [-0.2, 0) is 19.2 Å². The molecular formula is C14H12F4N2O4. The summed E-state index contributed by atoms with van der Waals surface area (Å²) in [6.45, 7) is -0.166. The topological polar surface area (TPSA) is 81.9 Å². The van der Waals surface area contributed by atoms with Crippen molar-refractivity contribution in [2.24, 2.45) is 11.7 Å². The van der Waals surface area contributed by atoms with Crippen LogP contribution in [0.4, 0.5) is 17.6 Å². The van der Waals surface area contributed by atoms with E-state index in [1.807, 2.05) is 0 Å². The van der Waals surface area contributed by atoms with E-state index in [1.54, 1.807) is 0 Å². The molecule has 0 aromatic carbocycles. The zero-order valence-corrected chi connectivity index (χ0v) is 12.0. The Bertz CT molecular complexity index is 664. The molecule has 1 atom stereocenters.